The van der Waals surface area contributed by atoms with Gasteiger partial charge in [-0.05, 0) is 54.6 Å². The van der Waals surface area contributed by atoms with Crippen LogP contribution in [0, 0.1) is 6.92 Å². The number of anilines is 1. The van der Waals surface area contributed by atoms with Crippen molar-refractivity contribution in [2.45, 2.75) is 13.3 Å². The van der Waals surface area contributed by atoms with Gasteiger partial charge in [0.05, 0.1) is 23.6 Å². The first-order chi connectivity index (χ1) is 13.4. The summed E-state index contributed by atoms with van der Waals surface area (Å²) in [5, 5.41) is 17.8. The van der Waals surface area contributed by atoms with Crippen molar-refractivity contribution >= 4 is 40.6 Å². The normalized spacial score (nSPS) is 15.3. The predicted molar refractivity (Wildman–Crippen MR) is 105 cm³/mol. The highest BCUT2D eigenvalue weighted by Crippen LogP contribution is 2.38. The highest BCUT2D eigenvalue weighted by Gasteiger charge is 2.37. The zero-order valence-electron chi connectivity index (χ0n) is 14.9. The molecule has 0 unspecified atom stereocenters. The summed E-state index contributed by atoms with van der Waals surface area (Å²) < 4.78 is 5.49. The maximum Gasteiger partial charge on any atom is 0.306 e. The van der Waals surface area contributed by atoms with Crippen LogP contribution >= 0.6 is 11.8 Å². The lowest BCUT2D eigenvalue weighted by atomic mass is 10.1. The Hall–Kier alpha value is -3.26. The number of carboxylic acid groups (broad SMARTS) is 1. The highest BCUT2D eigenvalue weighted by molar-refractivity contribution is 8.19. The van der Waals surface area contributed by atoms with Crippen LogP contribution in [0.15, 0.2) is 47.4 Å². The number of ether oxygens (including phenoxy) is 1. The lowest BCUT2D eigenvalue weighted by molar-refractivity contribution is -0.137. The molecule has 2 aromatic rings. The topological polar surface area (TPSA) is 104 Å². The third-order valence-corrected chi connectivity index (χ3v) is 4.86. The number of aliphatic carboxylic acids is 1. The number of benzene rings is 2. The largest absolute Gasteiger partial charge is 0.508 e. The van der Waals surface area contributed by atoms with Gasteiger partial charge >= 0.3 is 5.97 Å². The van der Waals surface area contributed by atoms with Gasteiger partial charge in [0.15, 0.2) is 0 Å². The van der Waals surface area contributed by atoms with E-state index in [1.54, 1.807) is 37.3 Å². The molecule has 144 valence electrons. The summed E-state index contributed by atoms with van der Waals surface area (Å²) in [6.45, 7) is 1.70. The fourth-order valence-electron chi connectivity index (χ4n) is 2.69. The molecular weight excluding hydrogens is 382 g/mol. The van der Waals surface area contributed by atoms with Gasteiger partial charge in [-0.2, -0.15) is 0 Å². The van der Waals surface area contributed by atoms with E-state index in [2.05, 4.69) is 0 Å². The van der Waals surface area contributed by atoms with Gasteiger partial charge < -0.3 is 14.9 Å². The quantitative estimate of drug-likeness (QED) is 0.712. The minimum atomic E-state index is -0.970. The Morgan fingerprint density at radius 3 is 2.68 bits per heavy atom. The van der Waals surface area contributed by atoms with Crippen LogP contribution in [0.3, 0.4) is 0 Å². The molecule has 1 saturated heterocycles. The fraction of sp³-hybridized carbons (Fsp3) is 0.150. The molecule has 2 amide bonds. The van der Waals surface area contributed by atoms with Gasteiger partial charge in [0, 0.05) is 5.56 Å². The first-order valence-electron chi connectivity index (χ1n) is 8.38. The van der Waals surface area contributed by atoms with Gasteiger partial charge in [-0.25, -0.2) is 4.90 Å². The van der Waals surface area contributed by atoms with E-state index in [0.717, 1.165) is 16.7 Å². The van der Waals surface area contributed by atoms with Crippen LogP contribution in [0.25, 0.3) is 6.08 Å². The van der Waals surface area contributed by atoms with Crippen molar-refractivity contribution in [3.05, 3.63) is 58.5 Å². The van der Waals surface area contributed by atoms with Crippen molar-refractivity contribution in [1.29, 1.82) is 0 Å². The summed E-state index contributed by atoms with van der Waals surface area (Å²) in [5.74, 6) is -0.959. The molecule has 1 aliphatic heterocycles. The molecule has 1 heterocycles. The maximum atomic E-state index is 12.8. The number of para-hydroxylation sites is 1. The van der Waals surface area contributed by atoms with Crippen LogP contribution in [0.5, 0.6) is 11.5 Å². The summed E-state index contributed by atoms with van der Waals surface area (Å²) in [6.07, 6.45) is 1.40. The smallest absolute Gasteiger partial charge is 0.306 e. The molecule has 2 aromatic carbocycles. The molecule has 7 nitrogen and oxygen atoms in total. The van der Waals surface area contributed by atoms with Crippen LogP contribution in [0.4, 0.5) is 10.5 Å². The molecule has 0 bridgehead atoms. The van der Waals surface area contributed by atoms with Crippen LogP contribution in [0.1, 0.15) is 17.5 Å². The van der Waals surface area contributed by atoms with E-state index in [-0.39, 0.29) is 23.7 Å². The number of imide groups is 1. The molecule has 0 spiro atoms. The zero-order chi connectivity index (χ0) is 20.3. The summed E-state index contributed by atoms with van der Waals surface area (Å²) in [4.78, 5) is 37.2. The first-order valence-corrected chi connectivity index (χ1v) is 9.19. The third kappa shape index (κ3) is 4.17. The summed E-state index contributed by atoms with van der Waals surface area (Å²) >= 11 is 0.808. The Labute approximate surface area is 165 Å². The molecule has 0 saturated carbocycles. The van der Waals surface area contributed by atoms with Gasteiger partial charge in [-0.1, -0.05) is 18.2 Å². The molecule has 0 aromatic heterocycles. The molecule has 0 radical (unpaired) electrons. The standard InChI is InChI=1S/C20H17NO6S/c1-12-10-14(22)6-7-15(12)21-19(25)17(28-20(21)26)11-13-4-2-3-5-16(13)27-9-8-18(23)24/h2-7,10-11,22H,8-9H2,1H3,(H,23,24)/b17-11+. The van der Waals surface area contributed by atoms with Gasteiger partial charge in [0.1, 0.15) is 11.5 Å². The Bertz CT molecular complexity index is 984. The van der Waals surface area contributed by atoms with Crippen molar-refractivity contribution in [3.63, 3.8) is 0 Å². The second-order valence-corrected chi connectivity index (χ2v) is 7.01. The number of hydrogen-bond donors (Lipinski definition) is 2. The average molecular weight is 399 g/mol. The summed E-state index contributed by atoms with van der Waals surface area (Å²) in [7, 11) is 0. The molecule has 1 aliphatic rings. The number of phenols is 1. The molecule has 0 aliphatic carbocycles. The average Bonchev–Trinajstić information content (AvgIpc) is 2.90. The van der Waals surface area contributed by atoms with E-state index in [1.807, 2.05) is 0 Å². The minimum Gasteiger partial charge on any atom is -0.508 e. The zero-order valence-corrected chi connectivity index (χ0v) is 15.7. The molecule has 3 rings (SSSR count). The van der Waals surface area contributed by atoms with E-state index in [1.165, 1.54) is 18.2 Å². The Morgan fingerprint density at radius 2 is 1.96 bits per heavy atom. The van der Waals surface area contributed by atoms with E-state index < -0.39 is 17.1 Å². The Kier molecular flexibility index (Phi) is 5.70. The van der Waals surface area contributed by atoms with Crippen LogP contribution in [0.2, 0.25) is 0 Å². The molecule has 2 N–H and O–H groups in total. The summed E-state index contributed by atoms with van der Waals surface area (Å²) in [6, 6.07) is 11.3. The Morgan fingerprint density at radius 1 is 1.21 bits per heavy atom. The van der Waals surface area contributed by atoms with Crippen molar-refractivity contribution in [1.82, 2.24) is 0 Å². The number of amides is 2. The van der Waals surface area contributed by atoms with Crippen molar-refractivity contribution < 1.29 is 29.3 Å². The van der Waals surface area contributed by atoms with E-state index in [9.17, 15) is 19.5 Å². The van der Waals surface area contributed by atoms with Crippen LogP contribution < -0.4 is 9.64 Å². The number of aryl methyl sites for hydroxylation is 1. The monoisotopic (exact) mass is 399 g/mol. The number of phenolic OH excluding ortho intramolecular Hbond substituents is 1. The van der Waals surface area contributed by atoms with E-state index in [0.29, 0.717) is 22.6 Å². The van der Waals surface area contributed by atoms with Gasteiger partial charge in [0.2, 0.25) is 0 Å². The molecule has 8 heteroatoms. The van der Waals surface area contributed by atoms with Crippen molar-refractivity contribution in [2.24, 2.45) is 0 Å². The number of carbonyl (C=O) groups is 3. The van der Waals surface area contributed by atoms with Gasteiger partial charge in [-0.3, -0.25) is 14.4 Å². The lowest BCUT2D eigenvalue weighted by Gasteiger charge is -2.15. The predicted octanol–water partition coefficient (Wildman–Crippen LogP) is 3.80. The minimum absolute atomic E-state index is 0.00559. The van der Waals surface area contributed by atoms with E-state index in [4.69, 9.17) is 9.84 Å². The Balaban J connectivity index is 1.87. The van der Waals surface area contributed by atoms with Gasteiger partial charge in [-0.15, -0.1) is 0 Å². The molecule has 0 atom stereocenters. The number of nitrogens with zero attached hydrogens (tertiary/aromatic N) is 1. The second-order valence-electron chi connectivity index (χ2n) is 6.02. The SMILES string of the molecule is Cc1cc(O)ccc1N1C(=O)S/C(=C/c2ccccc2OCCC(=O)O)C1=O. The molecule has 1 fully saturated rings. The number of rotatable bonds is 6. The second kappa shape index (κ2) is 8.18. The van der Waals surface area contributed by atoms with Crippen LogP contribution in [-0.2, 0) is 9.59 Å². The number of aromatic hydroxyl groups is 1. The third-order valence-electron chi connectivity index (χ3n) is 3.99. The number of carbonyl (C=O) groups excluding carboxylic acids is 2. The van der Waals surface area contributed by atoms with Crippen molar-refractivity contribution in [2.75, 3.05) is 11.5 Å². The van der Waals surface area contributed by atoms with Gasteiger partial charge in [0.25, 0.3) is 11.1 Å². The summed E-state index contributed by atoms with van der Waals surface area (Å²) in [5.41, 5.74) is 1.58. The van der Waals surface area contributed by atoms with Crippen molar-refractivity contribution in [3.8, 4) is 11.5 Å². The highest BCUT2D eigenvalue weighted by atomic mass is 32.2. The van der Waals surface area contributed by atoms with E-state index >= 15 is 0 Å². The number of carboxylic acids is 1. The number of hydrogen-bond acceptors (Lipinski definition) is 6. The molecule has 28 heavy (non-hydrogen) atoms. The molecular formula is C20H17NO6S. The first kappa shape index (κ1) is 19.5. The fourth-order valence-corrected chi connectivity index (χ4v) is 3.51. The number of thioether (sulfide) groups is 1. The maximum absolute atomic E-state index is 12.8. The lowest BCUT2D eigenvalue weighted by Crippen LogP contribution is -2.28. The van der Waals surface area contributed by atoms with Crippen LogP contribution in [-0.4, -0.2) is 33.9 Å².